The van der Waals surface area contributed by atoms with E-state index in [0.29, 0.717) is 5.92 Å². The van der Waals surface area contributed by atoms with Gasteiger partial charge in [-0.25, -0.2) is 4.79 Å². The smallest absolute Gasteiger partial charge is 0.323 e. The molecule has 3 fully saturated rings. The van der Waals surface area contributed by atoms with Crippen LogP contribution in [0.15, 0.2) is 0 Å². The lowest BCUT2D eigenvalue weighted by atomic mass is 9.98. The number of hydrogen-bond donors (Lipinski definition) is 2. The first kappa shape index (κ1) is 12.8. The van der Waals surface area contributed by atoms with Gasteiger partial charge in [0.15, 0.2) is 0 Å². The van der Waals surface area contributed by atoms with E-state index < -0.39 is 5.97 Å². The van der Waals surface area contributed by atoms with Crippen LogP contribution in [0, 0.1) is 17.8 Å². The van der Waals surface area contributed by atoms with Crippen LogP contribution in [-0.4, -0.2) is 41.1 Å². The van der Waals surface area contributed by atoms with Gasteiger partial charge in [-0.05, 0) is 56.3 Å². The Bertz CT molecular complexity index is 361. The highest BCUT2D eigenvalue weighted by Crippen LogP contribution is 2.48. The quantitative estimate of drug-likeness (QED) is 0.736. The summed E-state index contributed by atoms with van der Waals surface area (Å²) in [6, 6.07) is -0.0346. The lowest BCUT2D eigenvalue weighted by molar-refractivity contribution is -0.137. The minimum absolute atomic E-state index is 0.149. The van der Waals surface area contributed by atoms with Gasteiger partial charge in [0.1, 0.15) is 6.54 Å². The molecule has 3 saturated carbocycles. The van der Waals surface area contributed by atoms with Crippen molar-refractivity contribution in [3.05, 3.63) is 0 Å². The third-order valence-corrected chi connectivity index (χ3v) is 4.50. The van der Waals surface area contributed by atoms with Crippen molar-refractivity contribution in [1.29, 1.82) is 0 Å². The fraction of sp³-hybridized carbons (Fsp3) is 0.857. The van der Waals surface area contributed by atoms with E-state index in [2.05, 4.69) is 5.32 Å². The standard InChI is InChI=1S/C14H22N2O3/c17-13(18)8-16(11-5-6-11)14(19)15-7-12(9-1-2-9)10-3-4-10/h9-12H,1-8H2,(H,15,19)(H,17,18). The molecule has 0 aromatic rings. The summed E-state index contributed by atoms with van der Waals surface area (Å²) in [5.41, 5.74) is 0. The van der Waals surface area contributed by atoms with Crippen LogP contribution >= 0.6 is 0 Å². The van der Waals surface area contributed by atoms with E-state index in [1.165, 1.54) is 30.6 Å². The fourth-order valence-corrected chi connectivity index (χ4v) is 2.97. The summed E-state index contributed by atoms with van der Waals surface area (Å²) in [5, 5.41) is 11.8. The van der Waals surface area contributed by atoms with Gasteiger partial charge in [0.25, 0.3) is 0 Å². The summed E-state index contributed by atoms with van der Waals surface area (Å²) in [5.74, 6) is 1.32. The number of nitrogens with zero attached hydrogens (tertiary/aromatic N) is 1. The van der Waals surface area contributed by atoms with Crippen molar-refractivity contribution in [1.82, 2.24) is 10.2 Å². The largest absolute Gasteiger partial charge is 0.480 e. The number of rotatable bonds is 7. The van der Waals surface area contributed by atoms with E-state index in [1.54, 1.807) is 0 Å². The summed E-state index contributed by atoms with van der Waals surface area (Å²) in [7, 11) is 0. The van der Waals surface area contributed by atoms with Crippen LogP contribution in [0.4, 0.5) is 4.79 Å². The Morgan fingerprint density at radius 3 is 2.11 bits per heavy atom. The number of urea groups is 1. The Hall–Kier alpha value is -1.26. The number of amides is 2. The van der Waals surface area contributed by atoms with E-state index in [1.807, 2.05) is 0 Å². The van der Waals surface area contributed by atoms with Crippen LogP contribution in [0.1, 0.15) is 38.5 Å². The van der Waals surface area contributed by atoms with Gasteiger partial charge in [-0.3, -0.25) is 4.79 Å². The van der Waals surface area contributed by atoms with Crippen molar-refractivity contribution >= 4 is 12.0 Å². The van der Waals surface area contributed by atoms with Crippen molar-refractivity contribution in [3.8, 4) is 0 Å². The molecule has 0 aromatic carbocycles. The van der Waals surface area contributed by atoms with Crippen molar-refractivity contribution in [3.63, 3.8) is 0 Å². The van der Waals surface area contributed by atoms with Crippen LogP contribution in [0.25, 0.3) is 0 Å². The highest BCUT2D eigenvalue weighted by Gasteiger charge is 2.42. The molecule has 0 atom stereocenters. The number of carboxylic acids is 1. The lowest BCUT2D eigenvalue weighted by Crippen LogP contribution is -2.45. The first-order valence-electron chi connectivity index (χ1n) is 7.41. The van der Waals surface area contributed by atoms with Crippen molar-refractivity contribution in [2.45, 2.75) is 44.6 Å². The molecule has 19 heavy (non-hydrogen) atoms. The molecule has 5 nitrogen and oxygen atoms in total. The zero-order valence-electron chi connectivity index (χ0n) is 11.2. The molecule has 5 heteroatoms. The minimum Gasteiger partial charge on any atom is -0.480 e. The molecule has 0 saturated heterocycles. The summed E-state index contributed by atoms with van der Waals surface area (Å²) < 4.78 is 0. The summed E-state index contributed by atoms with van der Waals surface area (Å²) in [6.45, 7) is 0.561. The third-order valence-electron chi connectivity index (χ3n) is 4.50. The number of carbonyl (C=O) groups is 2. The first-order chi connectivity index (χ1) is 9.15. The van der Waals surface area contributed by atoms with Gasteiger partial charge >= 0.3 is 12.0 Å². The van der Waals surface area contributed by atoms with Crippen LogP contribution in [0.5, 0.6) is 0 Å². The molecule has 0 spiro atoms. The predicted molar refractivity (Wildman–Crippen MR) is 69.7 cm³/mol. The second-order valence-corrected chi connectivity index (χ2v) is 6.28. The van der Waals surface area contributed by atoms with Gasteiger partial charge in [-0.2, -0.15) is 0 Å². The maximum absolute atomic E-state index is 12.1. The molecule has 0 radical (unpaired) electrons. The van der Waals surface area contributed by atoms with Gasteiger partial charge < -0.3 is 15.3 Å². The van der Waals surface area contributed by atoms with Crippen LogP contribution in [-0.2, 0) is 4.79 Å². The molecule has 0 bridgehead atoms. The highest BCUT2D eigenvalue weighted by atomic mass is 16.4. The average Bonchev–Trinajstić information content (AvgIpc) is 3.23. The summed E-state index contributed by atoms with van der Waals surface area (Å²) in [6.07, 6.45) is 7.10. The minimum atomic E-state index is -0.928. The van der Waals surface area contributed by atoms with E-state index in [-0.39, 0.29) is 18.6 Å². The zero-order valence-corrected chi connectivity index (χ0v) is 11.2. The molecule has 0 aliphatic heterocycles. The molecule has 3 aliphatic carbocycles. The highest BCUT2D eigenvalue weighted by molar-refractivity contribution is 5.80. The van der Waals surface area contributed by atoms with Gasteiger partial charge in [-0.1, -0.05) is 0 Å². The summed E-state index contributed by atoms with van der Waals surface area (Å²) >= 11 is 0. The Kier molecular flexibility index (Phi) is 3.37. The second kappa shape index (κ2) is 5.02. The van der Waals surface area contributed by atoms with E-state index >= 15 is 0 Å². The maximum atomic E-state index is 12.1. The molecule has 3 aliphatic rings. The van der Waals surface area contributed by atoms with Gasteiger partial charge in [0, 0.05) is 12.6 Å². The number of carboxylic acid groups (broad SMARTS) is 1. The second-order valence-electron chi connectivity index (χ2n) is 6.28. The molecule has 0 heterocycles. The topological polar surface area (TPSA) is 69.6 Å². The van der Waals surface area contributed by atoms with E-state index in [0.717, 1.165) is 31.2 Å². The van der Waals surface area contributed by atoms with Gasteiger partial charge in [0.05, 0.1) is 0 Å². The molecule has 3 rings (SSSR count). The predicted octanol–water partition coefficient (Wildman–Crippen LogP) is 1.68. The van der Waals surface area contributed by atoms with Crippen LogP contribution in [0.2, 0.25) is 0 Å². The summed E-state index contributed by atoms with van der Waals surface area (Å²) in [4.78, 5) is 24.4. The van der Waals surface area contributed by atoms with Crippen molar-refractivity contribution in [2.75, 3.05) is 13.1 Å². The number of hydrogen-bond acceptors (Lipinski definition) is 2. The lowest BCUT2D eigenvalue weighted by Gasteiger charge is -2.23. The van der Waals surface area contributed by atoms with E-state index in [4.69, 9.17) is 5.11 Å². The molecule has 0 unspecified atom stereocenters. The number of nitrogens with one attached hydrogen (secondary N) is 1. The van der Waals surface area contributed by atoms with Crippen molar-refractivity contribution < 1.29 is 14.7 Å². The van der Waals surface area contributed by atoms with Crippen LogP contribution in [0.3, 0.4) is 0 Å². The monoisotopic (exact) mass is 266 g/mol. The Morgan fingerprint density at radius 2 is 1.68 bits per heavy atom. The van der Waals surface area contributed by atoms with Gasteiger partial charge in [0.2, 0.25) is 0 Å². The Balaban J connectivity index is 1.49. The number of carbonyl (C=O) groups excluding carboxylic acids is 1. The van der Waals surface area contributed by atoms with Gasteiger partial charge in [-0.15, -0.1) is 0 Å². The molecule has 2 N–H and O–H groups in total. The SMILES string of the molecule is O=C(O)CN(C(=O)NCC(C1CC1)C1CC1)C1CC1. The molecule has 0 aromatic heterocycles. The van der Waals surface area contributed by atoms with E-state index in [9.17, 15) is 9.59 Å². The average molecular weight is 266 g/mol. The maximum Gasteiger partial charge on any atom is 0.323 e. The normalized spacial score (nSPS) is 22.4. The Labute approximate surface area is 113 Å². The first-order valence-corrected chi connectivity index (χ1v) is 7.41. The third kappa shape index (κ3) is 3.39. The molecular formula is C14H22N2O3. The van der Waals surface area contributed by atoms with Crippen LogP contribution < -0.4 is 5.32 Å². The zero-order chi connectivity index (χ0) is 13.4. The Morgan fingerprint density at radius 1 is 1.11 bits per heavy atom. The molecular weight excluding hydrogens is 244 g/mol. The van der Waals surface area contributed by atoms with Crippen molar-refractivity contribution in [2.24, 2.45) is 17.8 Å². The molecule has 2 amide bonds. The number of aliphatic carboxylic acids is 1. The fourth-order valence-electron chi connectivity index (χ4n) is 2.97. The molecule has 106 valence electrons.